The first-order valence-electron chi connectivity index (χ1n) is 6.21. The van der Waals surface area contributed by atoms with Crippen molar-refractivity contribution in [3.05, 3.63) is 12.4 Å². The third kappa shape index (κ3) is 4.21. The third-order valence-corrected chi connectivity index (χ3v) is 2.61. The van der Waals surface area contributed by atoms with Gasteiger partial charge in [0, 0.05) is 19.7 Å². The van der Waals surface area contributed by atoms with Crippen molar-refractivity contribution in [2.45, 2.75) is 39.2 Å². The number of nitrogens with zero attached hydrogens (tertiary/aromatic N) is 4. The normalized spacial score (nSPS) is 10.8. The zero-order valence-corrected chi connectivity index (χ0v) is 11.6. The standard InChI is InChI=1S/C13H21N5/c1-5-6-7-18(4)12-8-11(15-10-16-12)17-13(2,3)9-14/h8,10H,5-7H2,1-4H3,(H,15,16,17). The van der Waals surface area contributed by atoms with E-state index < -0.39 is 5.54 Å². The average molecular weight is 247 g/mol. The zero-order valence-electron chi connectivity index (χ0n) is 11.6. The lowest BCUT2D eigenvalue weighted by Gasteiger charge is -2.21. The smallest absolute Gasteiger partial charge is 0.133 e. The van der Waals surface area contributed by atoms with Gasteiger partial charge in [-0.05, 0) is 20.3 Å². The molecule has 5 nitrogen and oxygen atoms in total. The SMILES string of the molecule is CCCCN(C)c1cc(NC(C)(C)C#N)ncn1. The van der Waals surface area contributed by atoms with Crippen molar-refractivity contribution in [2.75, 3.05) is 23.8 Å². The Morgan fingerprint density at radius 3 is 2.78 bits per heavy atom. The van der Waals surface area contributed by atoms with Crippen molar-refractivity contribution in [2.24, 2.45) is 0 Å². The van der Waals surface area contributed by atoms with Crippen molar-refractivity contribution < 1.29 is 0 Å². The first kappa shape index (κ1) is 14.2. The minimum Gasteiger partial charge on any atom is -0.360 e. The van der Waals surface area contributed by atoms with Crippen LogP contribution in [0.15, 0.2) is 12.4 Å². The molecule has 0 spiro atoms. The number of aromatic nitrogens is 2. The minimum atomic E-state index is -0.631. The Morgan fingerprint density at radius 2 is 2.17 bits per heavy atom. The fourth-order valence-corrected chi connectivity index (χ4v) is 1.48. The minimum absolute atomic E-state index is 0.631. The van der Waals surface area contributed by atoms with E-state index in [0.29, 0.717) is 5.82 Å². The Kier molecular flexibility index (Phi) is 4.90. The molecule has 1 aromatic heterocycles. The molecular formula is C13H21N5. The molecule has 0 amide bonds. The highest BCUT2D eigenvalue weighted by atomic mass is 15.2. The lowest BCUT2D eigenvalue weighted by Crippen LogP contribution is -2.29. The van der Waals surface area contributed by atoms with Gasteiger partial charge < -0.3 is 10.2 Å². The van der Waals surface area contributed by atoms with Gasteiger partial charge in [-0.25, -0.2) is 9.97 Å². The van der Waals surface area contributed by atoms with E-state index >= 15 is 0 Å². The largest absolute Gasteiger partial charge is 0.360 e. The van der Waals surface area contributed by atoms with Crippen LogP contribution in [0, 0.1) is 11.3 Å². The van der Waals surface area contributed by atoms with Gasteiger partial charge in [-0.3, -0.25) is 0 Å². The molecule has 0 aliphatic carbocycles. The molecule has 0 saturated heterocycles. The molecule has 1 aromatic rings. The maximum Gasteiger partial charge on any atom is 0.133 e. The molecule has 0 aliphatic heterocycles. The highest BCUT2D eigenvalue weighted by Crippen LogP contribution is 2.16. The monoisotopic (exact) mass is 247 g/mol. The van der Waals surface area contributed by atoms with Crippen LogP contribution in [0.2, 0.25) is 0 Å². The maximum absolute atomic E-state index is 8.98. The molecule has 0 saturated carbocycles. The van der Waals surface area contributed by atoms with Crippen molar-refractivity contribution in [3.8, 4) is 6.07 Å². The number of rotatable bonds is 6. The summed E-state index contributed by atoms with van der Waals surface area (Å²) in [6, 6.07) is 4.06. The predicted molar refractivity (Wildman–Crippen MR) is 73.5 cm³/mol. The Labute approximate surface area is 109 Å². The average Bonchev–Trinajstić information content (AvgIpc) is 2.35. The Balaban J connectivity index is 2.77. The molecule has 0 bridgehead atoms. The van der Waals surface area contributed by atoms with Crippen LogP contribution in [0.25, 0.3) is 0 Å². The number of hydrogen-bond donors (Lipinski definition) is 1. The summed E-state index contributed by atoms with van der Waals surface area (Å²) >= 11 is 0. The van der Waals surface area contributed by atoms with Crippen LogP contribution in [0.3, 0.4) is 0 Å². The number of nitriles is 1. The Bertz CT molecular complexity index is 422. The van der Waals surface area contributed by atoms with Gasteiger partial charge in [-0.15, -0.1) is 0 Å². The van der Waals surface area contributed by atoms with Crippen LogP contribution in [0.4, 0.5) is 11.6 Å². The second kappa shape index (κ2) is 6.20. The van der Waals surface area contributed by atoms with Gasteiger partial charge >= 0.3 is 0 Å². The van der Waals surface area contributed by atoms with Gasteiger partial charge in [-0.1, -0.05) is 13.3 Å². The topological polar surface area (TPSA) is 64.8 Å². The number of anilines is 2. The predicted octanol–water partition coefficient (Wildman–Crippen LogP) is 2.43. The molecule has 1 rings (SSSR count). The lowest BCUT2D eigenvalue weighted by atomic mass is 10.1. The molecule has 1 N–H and O–H groups in total. The van der Waals surface area contributed by atoms with Gasteiger partial charge in [0.25, 0.3) is 0 Å². The highest BCUT2D eigenvalue weighted by molar-refractivity contribution is 5.49. The van der Waals surface area contributed by atoms with Crippen LogP contribution in [-0.4, -0.2) is 29.1 Å². The van der Waals surface area contributed by atoms with Crippen molar-refractivity contribution in [1.29, 1.82) is 5.26 Å². The van der Waals surface area contributed by atoms with Gasteiger partial charge in [0.05, 0.1) is 6.07 Å². The quantitative estimate of drug-likeness (QED) is 0.836. The summed E-state index contributed by atoms with van der Waals surface area (Å²) in [7, 11) is 2.01. The van der Waals surface area contributed by atoms with E-state index in [1.54, 1.807) is 0 Å². The van der Waals surface area contributed by atoms with Gasteiger partial charge in [0.1, 0.15) is 23.5 Å². The number of unbranched alkanes of at least 4 members (excludes halogenated alkanes) is 1. The second-order valence-corrected chi connectivity index (χ2v) is 4.90. The molecule has 0 aromatic carbocycles. The molecular weight excluding hydrogens is 226 g/mol. The molecule has 0 radical (unpaired) electrons. The van der Waals surface area contributed by atoms with E-state index in [-0.39, 0.29) is 0 Å². The van der Waals surface area contributed by atoms with Crippen molar-refractivity contribution in [1.82, 2.24) is 9.97 Å². The van der Waals surface area contributed by atoms with E-state index in [9.17, 15) is 0 Å². The molecule has 0 unspecified atom stereocenters. The number of nitrogens with one attached hydrogen (secondary N) is 1. The first-order valence-corrected chi connectivity index (χ1v) is 6.21. The number of hydrogen-bond acceptors (Lipinski definition) is 5. The molecule has 5 heteroatoms. The van der Waals surface area contributed by atoms with E-state index in [1.807, 2.05) is 27.0 Å². The van der Waals surface area contributed by atoms with Gasteiger partial charge in [0.15, 0.2) is 0 Å². The lowest BCUT2D eigenvalue weighted by molar-refractivity contribution is 0.721. The summed E-state index contributed by atoms with van der Waals surface area (Å²) in [6.07, 6.45) is 3.81. The van der Waals surface area contributed by atoms with E-state index in [1.165, 1.54) is 6.33 Å². The Morgan fingerprint density at radius 1 is 1.44 bits per heavy atom. The van der Waals surface area contributed by atoms with Gasteiger partial charge in [-0.2, -0.15) is 5.26 Å². The fourth-order valence-electron chi connectivity index (χ4n) is 1.48. The van der Waals surface area contributed by atoms with Crippen LogP contribution in [0.5, 0.6) is 0 Å². The highest BCUT2D eigenvalue weighted by Gasteiger charge is 2.17. The third-order valence-electron chi connectivity index (χ3n) is 2.61. The molecule has 98 valence electrons. The van der Waals surface area contributed by atoms with E-state index in [0.717, 1.165) is 25.2 Å². The van der Waals surface area contributed by atoms with Crippen molar-refractivity contribution in [3.63, 3.8) is 0 Å². The summed E-state index contributed by atoms with van der Waals surface area (Å²) in [5, 5.41) is 12.1. The Hall–Kier alpha value is -1.83. The maximum atomic E-state index is 8.98. The van der Waals surface area contributed by atoms with Crippen LogP contribution in [0.1, 0.15) is 33.6 Å². The summed E-state index contributed by atoms with van der Waals surface area (Å²) in [5.41, 5.74) is -0.631. The van der Waals surface area contributed by atoms with Crippen LogP contribution < -0.4 is 10.2 Å². The molecule has 1 heterocycles. The fraction of sp³-hybridized carbons (Fsp3) is 0.615. The second-order valence-electron chi connectivity index (χ2n) is 4.90. The van der Waals surface area contributed by atoms with Crippen LogP contribution >= 0.6 is 0 Å². The van der Waals surface area contributed by atoms with Crippen molar-refractivity contribution >= 4 is 11.6 Å². The summed E-state index contributed by atoms with van der Waals surface area (Å²) in [6.45, 7) is 6.76. The van der Waals surface area contributed by atoms with Crippen LogP contribution in [-0.2, 0) is 0 Å². The van der Waals surface area contributed by atoms with Gasteiger partial charge in [0.2, 0.25) is 0 Å². The molecule has 18 heavy (non-hydrogen) atoms. The summed E-state index contributed by atoms with van der Waals surface area (Å²) < 4.78 is 0. The van der Waals surface area contributed by atoms with E-state index in [4.69, 9.17) is 5.26 Å². The van der Waals surface area contributed by atoms with E-state index in [2.05, 4.69) is 33.2 Å². The first-order chi connectivity index (χ1) is 8.48. The molecule has 0 fully saturated rings. The molecule has 0 atom stereocenters. The summed E-state index contributed by atoms with van der Waals surface area (Å²) in [4.78, 5) is 10.5. The molecule has 0 aliphatic rings. The summed E-state index contributed by atoms with van der Waals surface area (Å²) in [5.74, 6) is 1.55. The zero-order chi connectivity index (χ0) is 13.6.